The van der Waals surface area contributed by atoms with Crippen molar-refractivity contribution in [3.8, 4) is 0 Å². The molecule has 1 atom stereocenters. The summed E-state index contributed by atoms with van der Waals surface area (Å²) in [5, 5.41) is 0. The van der Waals surface area contributed by atoms with E-state index in [0.717, 1.165) is 29.9 Å². The third-order valence-electron chi connectivity index (χ3n) is 5.33. The standard InChI is InChI=1S/C21H24N2O/c1-2-23-19-13-7-6-12-18(19)20(22-14-8-3-9-15-22)16-10-4-5-11-17(16)21(23)24/h4-7,10-13,20H,2-3,8-9,14-15H2,1H3. The average Bonchev–Trinajstić information content (AvgIpc) is 2.75. The molecular weight excluding hydrogens is 296 g/mol. The Morgan fingerprint density at radius 3 is 2.33 bits per heavy atom. The van der Waals surface area contributed by atoms with Gasteiger partial charge in [0, 0.05) is 17.8 Å². The van der Waals surface area contributed by atoms with E-state index in [1.54, 1.807) is 0 Å². The number of fused-ring (bicyclic) bond motifs is 2. The molecule has 124 valence electrons. The molecule has 0 aliphatic carbocycles. The fourth-order valence-electron chi connectivity index (χ4n) is 4.20. The Hall–Kier alpha value is -2.13. The minimum absolute atomic E-state index is 0.125. The summed E-state index contributed by atoms with van der Waals surface area (Å²) in [5.41, 5.74) is 4.34. The van der Waals surface area contributed by atoms with Crippen molar-refractivity contribution in [2.45, 2.75) is 32.2 Å². The maximum Gasteiger partial charge on any atom is 0.258 e. The lowest BCUT2D eigenvalue weighted by atomic mass is 9.92. The molecule has 2 aromatic carbocycles. The van der Waals surface area contributed by atoms with E-state index in [0.29, 0.717) is 6.54 Å². The predicted octanol–water partition coefficient (Wildman–Crippen LogP) is 4.24. The topological polar surface area (TPSA) is 23.6 Å². The monoisotopic (exact) mass is 320 g/mol. The summed E-state index contributed by atoms with van der Waals surface area (Å²) in [6.45, 7) is 4.96. The van der Waals surface area contributed by atoms with Crippen LogP contribution >= 0.6 is 0 Å². The van der Waals surface area contributed by atoms with Crippen LogP contribution in [-0.2, 0) is 0 Å². The van der Waals surface area contributed by atoms with Gasteiger partial charge in [0.1, 0.15) is 0 Å². The number of anilines is 1. The van der Waals surface area contributed by atoms with Gasteiger partial charge >= 0.3 is 0 Å². The van der Waals surface area contributed by atoms with Crippen LogP contribution in [0.2, 0.25) is 0 Å². The molecule has 0 spiro atoms. The number of rotatable bonds is 2. The van der Waals surface area contributed by atoms with Crippen LogP contribution in [0.4, 0.5) is 5.69 Å². The average molecular weight is 320 g/mol. The van der Waals surface area contributed by atoms with Gasteiger partial charge in [-0.3, -0.25) is 9.69 Å². The van der Waals surface area contributed by atoms with Crippen molar-refractivity contribution in [1.29, 1.82) is 0 Å². The third-order valence-corrected chi connectivity index (χ3v) is 5.33. The molecule has 1 fully saturated rings. The lowest BCUT2D eigenvalue weighted by Gasteiger charge is -2.35. The van der Waals surface area contributed by atoms with Gasteiger partial charge in [0.25, 0.3) is 5.91 Å². The predicted molar refractivity (Wildman–Crippen MR) is 97.5 cm³/mol. The van der Waals surface area contributed by atoms with Crippen molar-refractivity contribution in [3.05, 3.63) is 65.2 Å². The summed E-state index contributed by atoms with van der Waals surface area (Å²) in [4.78, 5) is 17.7. The molecule has 2 heterocycles. The lowest BCUT2D eigenvalue weighted by Crippen LogP contribution is -2.34. The largest absolute Gasteiger partial charge is 0.308 e. The van der Waals surface area contributed by atoms with Crippen LogP contribution in [0.5, 0.6) is 0 Å². The highest BCUT2D eigenvalue weighted by Gasteiger charge is 2.34. The summed E-state index contributed by atoms with van der Waals surface area (Å²) in [7, 11) is 0. The normalized spacial score (nSPS) is 21.1. The molecule has 1 unspecified atom stereocenters. The second-order valence-electron chi connectivity index (χ2n) is 6.69. The number of carbonyl (C=O) groups excluding carboxylic acids is 1. The van der Waals surface area contributed by atoms with Gasteiger partial charge in [-0.25, -0.2) is 0 Å². The van der Waals surface area contributed by atoms with E-state index in [9.17, 15) is 4.79 Å². The highest BCUT2D eigenvalue weighted by atomic mass is 16.2. The zero-order chi connectivity index (χ0) is 16.5. The fourth-order valence-corrected chi connectivity index (χ4v) is 4.20. The van der Waals surface area contributed by atoms with Crippen LogP contribution in [0.25, 0.3) is 0 Å². The number of benzene rings is 2. The molecule has 0 N–H and O–H groups in total. The zero-order valence-corrected chi connectivity index (χ0v) is 14.2. The van der Waals surface area contributed by atoms with Crippen LogP contribution in [0, 0.1) is 0 Å². The Morgan fingerprint density at radius 1 is 0.917 bits per heavy atom. The first-order valence-electron chi connectivity index (χ1n) is 9.05. The molecule has 0 bridgehead atoms. The highest BCUT2D eigenvalue weighted by Crippen LogP contribution is 2.41. The fraction of sp³-hybridized carbons (Fsp3) is 0.381. The number of para-hydroxylation sites is 1. The van der Waals surface area contributed by atoms with Crippen molar-refractivity contribution >= 4 is 11.6 Å². The number of likely N-dealkylation sites (tertiary alicyclic amines) is 1. The Kier molecular flexibility index (Phi) is 4.11. The summed E-state index contributed by atoms with van der Waals surface area (Å²) >= 11 is 0. The minimum atomic E-state index is 0.125. The molecule has 3 nitrogen and oxygen atoms in total. The summed E-state index contributed by atoms with van der Waals surface area (Å²) in [6.07, 6.45) is 3.80. The molecule has 24 heavy (non-hydrogen) atoms. The molecule has 0 radical (unpaired) electrons. The molecule has 2 aromatic rings. The van der Waals surface area contributed by atoms with Gasteiger partial charge in [-0.2, -0.15) is 0 Å². The van der Waals surface area contributed by atoms with E-state index in [2.05, 4.69) is 42.2 Å². The van der Waals surface area contributed by atoms with Crippen LogP contribution in [0.1, 0.15) is 53.7 Å². The Morgan fingerprint density at radius 2 is 1.58 bits per heavy atom. The second kappa shape index (κ2) is 6.40. The Labute approximate surface area is 143 Å². The number of carbonyl (C=O) groups is 1. The number of amides is 1. The number of piperidine rings is 1. The summed E-state index contributed by atoms with van der Waals surface area (Å²) in [5.74, 6) is 0.125. The zero-order valence-electron chi connectivity index (χ0n) is 14.2. The van der Waals surface area contributed by atoms with Crippen LogP contribution in [0.15, 0.2) is 48.5 Å². The minimum Gasteiger partial charge on any atom is -0.308 e. The van der Waals surface area contributed by atoms with E-state index >= 15 is 0 Å². The van der Waals surface area contributed by atoms with Gasteiger partial charge in [-0.15, -0.1) is 0 Å². The first-order chi connectivity index (χ1) is 11.8. The maximum atomic E-state index is 13.2. The SMILES string of the molecule is CCN1C(=O)c2ccccc2C(N2CCCCC2)c2ccccc21. The van der Waals surface area contributed by atoms with Crippen molar-refractivity contribution in [2.24, 2.45) is 0 Å². The Balaban J connectivity index is 1.94. The van der Waals surface area contributed by atoms with Gasteiger partial charge in [-0.1, -0.05) is 42.8 Å². The highest BCUT2D eigenvalue weighted by molar-refractivity contribution is 6.08. The van der Waals surface area contributed by atoms with E-state index in [-0.39, 0.29) is 11.9 Å². The van der Waals surface area contributed by atoms with Gasteiger partial charge in [0.2, 0.25) is 0 Å². The maximum absolute atomic E-state index is 13.2. The van der Waals surface area contributed by atoms with Crippen LogP contribution < -0.4 is 4.90 Å². The lowest BCUT2D eigenvalue weighted by molar-refractivity contribution is 0.0987. The third kappa shape index (κ3) is 2.44. The second-order valence-corrected chi connectivity index (χ2v) is 6.69. The van der Waals surface area contributed by atoms with Gasteiger partial charge in [0.15, 0.2) is 0 Å². The number of hydrogen-bond donors (Lipinski definition) is 0. The summed E-state index contributed by atoms with van der Waals surface area (Å²) in [6, 6.07) is 16.8. The smallest absolute Gasteiger partial charge is 0.258 e. The molecule has 2 aliphatic heterocycles. The van der Waals surface area contributed by atoms with E-state index in [1.807, 2.05) is 23.1 Å². The van der Waals surface area contributed by atoms with Crippen molar-refractivity contribution in [3.63, 3.8) is 0 Å². The molecule has 2 aliphatic rings. The van der Waals surface area contributed by atoms with Gasteiger partial charge < -0.3 is 4.90 Å². The van der Waals surface area contributed by atoms with Crippen molar-refractivity contribution in [2.75, 3.05) is 24.5 Å². The van der Waals surface area contributed by atoms with Crippen LogP contribution in [-0.4, -0.2) is 30.4 Å². The molecule has 1 amide bonds. The van der Waals surface area contributed by atoms with Gasteiger partial charge in [-0.05, 0) is 56.1 Å². The number of hydrogen-bond acceptors (Lipinski definition) is 2. The number of nitrogens with zero attached hydrogens (tertiary/aromatic N) is 2. The molecule has 0 aromatic heterocycles. The van der Waals surface area contributed by atoms with Crippen molar-refractivity contribution < 1.29 is 4.79 Å². The molecular formula is C21H24N2O. The van der Waals surface area contributed by atoms with Crippen molar-refractivity contribution in [1.82, 2.24) is 4.90 Å². The van der Waals surface area contributed by atoms with E-state index < -0.39 is 0 Å². The quantitative estimate of drug-likeness (QED) is 0.826. The van der Waals surface area contributed by atoms with Crippen LogP contribution in [0.3, 0.4) is 0 Å². The Bertz CT molecular complexity index is 749. The van der Waals surface area contributed by atoms with Gasteiger partial charge in [0.05, 0.1) is 6.04 Å². The molecule has 4 rings (SSSR count). The molecule has 0 saturated carbocycles. The first-order valence-corrected chi connectivity index (χ1v) is 9.05. The first kappa shape index (κ1) is 15.4. The molecule has 1 saturated heterocycles. The summed E-state index contributed by atoms with van der Waals surface area (Å²) < 4.78 is 0. The molecule has 3 heteroatoms. The van der Waals surface area contributed by atoms with E-state index in [1.165, 1.54) is 24.8 Å². The van der Waals surface area contributed by atoms with E-state index in [4.69, 9.17) is 0 Å².